The van der Waals surface area contributed by atoms with Crippen LogP contribution in [-0.4, -0.2) is 20.9 Å². The number of nitrogens with zero attached hydrogens (tertiary/aromatic N) is 4. The number of nitriles is 1. The first kappa shape index (κ1) is 21.1. The highest BCUT2D eigenvalue weighted by Gasteiger charge is 2.31. The molecule has 0 fully saturated rings. The topological polar surface area (TPSA) is 63.7 Å². The van der Waals surface area contributed by atoms with Crippen LogP contribution >= 0.6 is 0 Å². The molecule has 0 spiro atoms. The van der Waals surface area contributed by atoms with Crippen LogP contribution < -0.4 is 4.74 Å². The Morgan fingerprint density at radius 1 is 0.969 bits per heavy atom. The third kappa shape index (κ3) is 5.32. The summed E-state index contributed by atoms with van der Waals surface area (Å²) in [6.45, 7) is 0.552. The second-order valence-corrected chi connectivity index (χ2v) is 7.13. The van der Waals surface area contributed by atoms with Crippen molar-refractivity contribution in [2.75, 3.05) is 0 Å². The molecule has 2 heterocycles. The minimum absolute atomic E-state index is 0.285. The zero-order valence-corrected chi connectivity index (χ0v) is 16.8. The fraction of sp³-hybridized carbons (Fsp3) is 0.125. The number of halogens is 3. The first-order chi connectivity index (χ1) is 15.4. The summed E-state index contributed by atoms with van der Waals surface area (Å²) in [6, 6.07) is 18.9. The fourth-order valence-corrected chi connectivity index (χ4v) is 3.28. The standard InChI is InChI=1S/C24H17F3N4O/c25-24(26,27)32-22-3-1-2-20(11-22)23-9-8-19(13-30-23)15-31-16-29-14-21(31)10-17-4-6-18(12-28)7-5-17/h1-9,11,13-14,16H,10,15H2. The van der Waals surface area contributed by atoms with E-state index in [2.05, 4.69) is 20.8 Å². The molecule has 5 nitrogen and oxygen atoms in total. The van der Waals surface area contributed by atoms with Crippen molar-refractivity contribution in [1.29, 1.82) is 5.26 Å². The molecule has 2 aromatic heterocycles. The van der Waals surface area contributed by atoms with Crippen molar-refractivity contribution in [3.63, 3.8) is 0 Å². The molecule has 0 N–H and O–H groups in total. The second-order valence-electron chi connectivity index (χ2n) is 7.13. The van der Waals surface area contributed by atoms with Gasteiger partial charge < -0.3 is 9.30 Å². The molecule has 8 heteroatoms. The highest BCUT2D eigenvalue weighted by Crippen LogP contribution is 2.27. The second kappa shape index (κ2) is 8.94. The summed E-state index contributed by atoms with van der Waals surface area (Å²) >= 11 is 0. The van der Waals surface area contributed by atoms with Crippen molar-refractivity contribution in [3.8, 4) is 23.1 Å². The maximum Gasteiger partial charge on any atom is 0.573 e. The SMILES string of the molecule is N#Cc1ccc(Cc2cncn2Cc2ccc(-c3cccc(OC(F)(F)F)c3)nc2)cc1. The molecule has 0 atom stereocenters. The quantitative estimate of drug-likeness (QED) is 0.410. The molecule has 4 rings (SSSR count). The van der Waals surface area contributed by atoms with Crippen molar-refractivity contribution in [2.24, 2.45) is 0 Å². The Balaban J connectivity index is 1.46. The van der Waals surface area contributed by atoms with Crippen LogP contribution in [0.1, 0.15) is 22.4 Å². The van der Waals surface area contributed by atoms with E-state index < -0.39 is 6.36 Å². The highest BCUT2D eigenvalue weighted by molar-refractivity contribution is 5.61. The van der Waals surface area contributed by atoms with Crippen molar-refractivity contribution in [2.45, 2.75) is 19.3 Å². The number of benzene rings is 2. The molecule has 4 aromatic rings. The Kier molecular flexibility index (Phi) is 5.90. The van der Waals surface area contributed by atoms with Crippen LogP contribution in [0, 0.1) is 11.3 Å². The van der Waals surface area contributed by atoms with Crippen LogP contribution in [0.2, 0.25) is 0 Å². The lowest BCUT2D eigenvalue weighted by molar-refractivity contribution is -0.274. The van der Waals surface area contributed by atoms with Crippen molar-refractivity contribution in [3.05, 3.63) is 102 Å². The van der Waals surface area contributed by atoms with E-state index in [0.717, 1.165) is 16.8 Å². The molecular weight excluding hydrogens is 417 g/mol. The Bertz CT molecular complexity index is 1240. The van der Waals surface area contributed by atoms with Gasteiger partial charge in [0.05, 0.1) is 30.2 Å². The average Bonchev–Trinajstić information content (AvgIpc) is 3.20. The minimum Gasteiger partial charge on any atom is -0.406 e. The number of imidazole rings is 1. The zero-order chi connectivity index (χ0) is 22.6. The van der Waals surface area contributed by atoms with Gasteiger partial charge in [-0.1, -0.05) is 30.3 Å². The van der Waals surface area contributed by atoms with Gasteiger partial charge in [0, 0.05) is 30.1 Å². The van der Waals surface area contributed by atoms with Crippen LogP contribution in [0.5, 0.6) is 5.75 Å². The molecule has 0 aliphatic carbocycles. The van der Waals surface area contributed by atoms with Crippen molar-refractivity contribution in [1.82, 2.24) is 14.5 Å². The summed E-state index contributed by atoms with van der Waals surface area (Å²) in [4.78, 5) is 8.64. The van der Waals surface area contributed by atoms with Crippen LogP contribution in [0.4, 0.5) is 13.2 Å². The number of hydrogen-bond donors (Lipinski definition) is 0. The van der Waals surface area contributed by atoms with E-state index in [-0.39, 0.29) is 5.75 Å². The van der Waals surface area contributed by atoms with E-state index in [0.29, 0.717) is 29.8 Å². The third-order valence-corrected chi connectivity index (χ3v) is 4.81. The summed E-state index contributed by atoms with van der Waals surface area (Å²) in [5.74, 6) is -0.285. The Labute approximate surface area is 182 Å². The van der Waals surface area contributed by atoms with Gasteiger partial charge in [0.15, 0.2) is 0 Å². The number of alkyl halides is 3. The molecule has 160 valence electrons. The molecule has 0 aliphatic heterocycles. The van der Waals surface area contributed by atoms with Gasteiger partial charge in [-0.3, -0.25) is 4.98 Å². The maximum absolute atomic E-state index is 12.5. The Morgan fingerprint density at radius 2 is 1.75 bits per heavy atom. The summed E-state index contributed by atoms with van der Waals surface area (Å²) in [5, 5.41) is 8.92. The fourth-order valence-electron chi connectivity index (χ4n) is 3.28. The van der Waals surface area contributed by atoms with Crippen LogP contribution in [0.15, 0.2) is 79.4 Å². The smallest absolute Gasteiger partial charge is 0.406 e. The lowest BCUT2D eigenvalue weighted by Crippen LogP contribution is -2.17. The van der Waals surface area contributed by atoms with E-state index in [9.17, 15) is 13.2 Å². The van der Waals surface area contributed by atoms with E-state index in [1.54, 1.807) is 43.0 Å². The molecule has 0 radical (unpaired) electrons. The number of rotatable bonds is 6. The van der Waals surface area contributed by atoms with Gasteiger partial charge in [0.25, 0.3) is 0 Å². The van der Waals surface area contributed by atoms with Gasteiger partial charge in [-0.15, -0.1) is 13.2 Å². The van der Waals surface area contributed by atoms with E-state index in [1.165, 1.54) is 18.2 Å². The minimum atomic E-state index is -4.74. The van der Waals surface area contributed by atoms with Gasteiger partial charge in [-0.2, -0.15) is 5.26 Å². The molecule has 2 aromatic carbocycles. The van der Waals surface area contributed by atoms with E-state index >= 15 is 0 Å². The molecule has 0 amide bonds. The van der Waals surface area contributed by atoms with Gasteiger partial charge in [-0.25, -0.2) is 4.98 Å². The summed E-state index contributed by atoms with van der Waals surface area (Å²) in [7, 11) is 0. The van der Waals surface area contributed by atoms with Crippen LogP contribution in [-0.2, 0) is 13.0 Å². The average molecular weight is 434 g/mol. The summed E-state index contributed by atoms with van der Waals surface area (Å²) in [6.07, 6.45) is 1.16. The van der Waals surface area contributed by atoms with Gasteiger partial charge in [0.2, 0.25) is 0 Å². The lowest BCUT2D eigenvalue weighted by atomic mass is 10.1. The molecule has 32 heavy (non-hydrogen) atoms. The van der Waals surface area contributed by atoms with Crippen molar-refractivity contribution < 1.29 is 17.9 Å². The largest absolute Gasteiger partial charge is 0.573 e. The summed E-state index contributed by atoms with van der Waals surface area (Å²) in [5.41, 5.74) is 4.70. The normalized spacial score (nSPS) is 11.2. The maximum atomic E-state index is 12.5. The predicted octanol–water partition coefficient (Wildman–Crippen LogP) is 5.35. The molecular formula is C24H17F3N4O. The molecule has 0 aliphatic rings. The van der Waals surface area contributed by atoms with Gasteiger partial charge >= 0.3 is 6.36 Å². The lowest BCUT2D eigenvalue weighted by Gasteiger charge is -2.11. The molecule has 0 bridgehead atoms. The van der Waals surface area contributed by atoms with Crippen LogP contribution in [0.25, 0.3) is 11.3 Å². The number of aromatic nitrogens is 3. The van der Waals surface area contributed by atoms with Crippen molar-refractivity contribution >= 4 is 0 Å². The monoisotopic (exact) mass is 434 g/mol. The van der Waals surface area contributed by atoms with Crippen LogP contribution in [0.3, 0.4) is 0 Å². The van der Waals surface area contributed by atoms with E-state index in [1.807, 2.05) is 22.8 Å². The number of ether oxygens (including phenoxy) is 1. The first-order valence-electron chi connectivity index (χ1n) is 9.69. The number of hydrogen-bond acceptors (Lipinski definition) is 4. The first-order valence-corrected chi connectivity index (χ1v) is 9.69. The Hall–Kier alpha value is -4.12. The number of pyridine rings is 1. The third-order valence-electron chi connectivity index (χ3n) is 4.81. The summed E-state index contributed by atoms with van der Waals surface area (Å²) < 4.78 is 43.4. The predicted molar refractivity (Wildman–Crippen MR) is 112 cm³/mol. The molecule has 0 saturated carbocycles. The van der Waals surface area contributed by atoms with Gasteiger partial charge in [0.1, 0.15) is 5.75 Å². The molecule has 0 saturated heterocycles. The van der Waals surface area contributed by atoms with Gasteiger partial charge in [-0.05, 0) is 41.5 Å². The molecule has 0 unspecified atom stereocenters. The highest BCUT2D eigenvalue weighted by atomic mass is 19.4. The zero-order valence-electron chi connectivity index (χ0n) is 16.8. The van der Waals surface area contributed by atoms with E-state index in [4.69, 9.17) is 5.26 Å². The Morgan fingerprint density at radius 3 is 2.44 bits per heavy atom.